The first-order valence-electron chi connectivity index (χ1n) is 18.2. The van der Waals surface area contributed by atoms with Crippen molar-refractivity contribution in [2.75, 3.05) is 65.8 Å². The molecule has 5 atom stereocenters. The van der Waals surface area contributed by atoms with Gasteiger partial charge in [0.1, 0.15) is 13.2 Å². The highest BCUT2D eigenvalue weighted by Crippen LogP contribution is 2.33. The van der Waals surface area contributed by atoms with E-state index in [-0.39, 0.29) is 43.7 Å². The third kappa shape index (κ3) is 15.6. The smallest absolute Gasteiger partial charge is 0.276 e. The molecule has 2 aromatic carbocycles. The molecule has 0 saturated heterocycles. The Morgan fingerprint density at radius 1 is 0.484 bits per heavy atom. The normalized spacial score (nSPS) is 14.1. The SMILES string of the molecule is CC(O)C(N(NC(=O)CO)C(=O)c1c(I)cc(I)c(C(=O)N(CC(O)CO)CC(O)CO)c1I)N(NC(=O)CO)C(=O)c1c(I)cc(I)c(C(=O)N(CC(O)CO)CC(O)CO)c1I. The summed E-state index contributed by atoms with van der Waals surface area (Å²) in [6.45, 7) is -6.76. The van der Waals surface area contributed by atoms with E-state index in [2.05, 4.69) is 10.9 Å². The molecule has 6 amide bonds. The monoisotopic (exact) mass is 1580 g/mol. The molecule has 5 unspecified atom stereocenters. The maximum atomic E-state index is 14.9. The van der Waals surface area contributed by atoms with Crippen molar-refractivity contribution in [2.45, 2.75) is 43.6 Å². The van der Waals surface area contributed by atoms with Gasteiger partial charge in [-0.05, 0) is 155 Å². The summed E-state index contributed by atoms with van der Waals surface area (Å²) in [7, 11) is 0. The lowest BCUT2D eigenvalue weighted by atomic mass is 10.1. The van der Waals surface area contributed by atoms with Crippen molar-refractivity contribution in [1.29, 1.82) is 0 Å². The van der Waals surface area contributed by atoms with Crippen LogP contribution in [0.1, 0.15) is 48.4 Å². The summed E-state index contributed by atoms with van der Waals surface area (Å²) in [6.07, 6.45) is -10.1. The largest absolute Gasteiger partial charge is 0.394 e. The third-order valence-corrected chi connectivity index (χ3v) is 14.1. The molecule has 0 aliphatic carbocycles. The van der Waals surface area contributed by atoms with E-state index in [0.717, 1.165) is 16.7 Å². The number of amides is 6. The van der Waals surface area contributed by atoms with Gasteiger partial charge in [-0.15, -0.1) is 0 Å². The summed E-state index contributed by atoms with van der Waals surface area (Å²) in [4.78, 5) is 85.9. The number of carbonyl (C=O) groups excluding carboxylic acids is 6. The number of aliphatic hydroxyl groups excluding tert-OH is 11. The van der Waals surface area contributed by atoms with Crippen LogP contribution in [0.15, 0.2) is 12.1 Å². The quantitative estimate of drug-likeness (QED) is 0.0336. The van der Waals surface area contributed by atoms with Gasteiger partial charge in [-0.3, -0.25) is 39.6 Å². The van der Waals surface area contributed by atoms with Crippen molar-refractivity contribution in [3.05, 3.63) is 55.8 Å². The second-order valence-electron chi connectivity index (χ2n) is 13.5. The minimum atomic E-state index is -2.19. The van der Waals surface area contributed by atoms with Crippen molar-refractivity contribution in [3.63, 3.8) is 0 Å². The molecule has 64 heavy (non-hydrogen) atoms. The number of nitrogens with zero attached hydrogens (tertiary/aromatic N) is 4. The summed E-state index contributed by atoms with van der Waals surface area (Å²) in [5.41, 5.74) is 3.11. The highest BCUT2D eigenvalue weighted by Gasteiger charge is 2.42. The van der Waals surface area contributed by atoms with Gasteiger partial charge in [-0.1, -0.05) is 0 Å². The maximum absolute atomic E-state index is 14.9. The fourth-order valence-electron chi connectivity index (χ4n) is 5.61. The first-order chi connectivity index (χ1) is 29.9. The molecular formula is C35H44I6N6O17. The van der Waals surface area contributed by atoms with E-state index in [1.54, 1.807) is 136 Å². The second kappa shape index (κ2) is 28.0. The molecule has 0 fully saturated rings. The number of hydrogen-bond donors (Lipinski definition) is 13. The van der Waals surface area contributed by atoms with E-state index in [1.165, 1.54) is 12.1 Å². The van der Waals surface area contributed by atoms with Crippen LogP contribution in [0.2, 0.25) is 0 Å². The van der Waals surface area contributed by atoms with Crippen molar-refractivity contribution >= 4 is 171 Å². The summed E-state index contributed by atoms with van der Waals surface area (Å²) >= 11 is 10.3. The van der Waals surface area contributed by atoms with E-state index < -0.39 is 138 Å². The summed E-state index contributed by atoms with van der Waals surface area (Å²) in [5, 5.41) is 111. The van der Waals surface area contributed by atoms with Crippen LogP contribution in [0.5, 0.6) is 0 Å². The Labute approximate surface area is 446 Å². The molecule has 13 N–H and O–H groups in total. The Balaban J connectivity index is 3.01. The van der Waals surface area contributed by atoms with E-state index in [4.69, 9.17) is 0 Å². The van der Waals surface area contributed by atoms with Gasteiger partial charge in [0.05, 0.1) is 79.2 Å². The van der Waals surface area contributed by atoms with Crippen molar-refractivity contribution in [1.82, 2.24) is 30.7 Å². The number of halogens is 6. The van der Waals surface area contributed by atoms with Crippen LogP contribution < -0.4 is 10.9 Å². The van der Waals surface area contributed by atoms with E-state index in [0.29, 0.717) is 10.0 Å². The lowest BCUT2D eigenvalue weighted by Crippen LogP contribution is -2.67. The van der Waals surface area contributed by atoms with Gasteiger partial charge in [-0.25, -0.2) is 10.0 Å². The Morgan fingerprint density at radius 2 is 0.734 bits per heavy atom. The topological polar surface area (TPSA) is 362 Å². The molecule has 0 aliphatic heterocycles. The van der Waals surface area contributed by atoms with Crippen LogP contribution in [-0.2, 0) is 9.59 Å². The average molecular weight is 1580 g/mol. The Kier molecular flexibility index (Phi) is 26.0. The minimum absolute atomic E-state index is 0.113. The molecule has 358 valence electrons. The van der Waals surface area contributed by atoms with E-state index in [1.807, 2.05) is 0 Å². The van der Waals surface area contributed by atoms with Gasteiger partial charge in [0.2, 0.25) is 0 Å². The van der Waals surface area contributed by atoms with Crippen LogP contribution in [0.25, 0.3) is 0 Å². The highest BCUT2D eigenvalue weighted by atomic mass is 127. The number of benzene rings is 2. The number of hydrogen-bond acceptors (Lipinski definition) is 17. The first kappa shape index (κ1) is 59.3. The van der Waals surface area contributed by atoms with Gasteiger partial charge in [-0.2, -0.15) is 0 Å². The Hall–Kier alpha value is -0.800. The zero-order valence-corrected chi connectivity index (χ0v) is 46.1. The predicted octanol–water partition coefficient (Wildman–Crippen LogP) is -3.05. The number of aliphatic hydroxyl groups is 11. The molecule has 0 saturated carbocycles. The first-order valence-corrected chi connectivity index (χ1v) is 24.7. The van der Waals surface area contributed by atoms with Crippen LogP contribution in [0.4, 0.5) is 0 Å². The molecule has 0 radical (unpaired) electrons. The van der Waals surface area contributed by atoms with E-state index in [9.17, 15) is 84.9 Å². The fraction of sp³-hybridized carbons (Fsp3) is 0.486. The third-order valence-electron chi connectivity index (χ3n) is 8.51. The number of rotatable bonds is 21. The second-order valence-corrected chi connectivity index (χ2v) is 20.3. The maximum Gasteiger partial charge on any atom is 0.276 e. The molecule has 29 heteroatoms. The van der Waals surface area contributed by atoms with Crippen LogP contribution in [0, 0.1) is 21.4 Å². The van der Waals surface area contributed by atoms with Gasteiger partial charge in [0, 0.05) is 47.6 Å². The van der Waals surface area contributed by atoms with Crippen LogP contribution >= 0.6 is 136 Å². The van der Waals surface area contributed by atoms with Crippen LogP contribution in [-0.4, -0.2) is 214 Å². The number of carbonyl (C=O) groups is 6. The van der Waals surface area contributed by atoms with Crippen molar-refractivity contribution < 1.29 is 84.9 Å². The molecular weight excluding hydrogens is 1540 g/mol. The average Bonchev–Trinajstić information content (AvgIpc) is 3.23. The van der Waals surface area contributed by atoms with Crippen molar-refractivity contribution in [2.24, 2.45) is 0 Å². The fourth-order valence-corrected chi connectivity index (χ4v) is 14.2. The minimum Gasteiger partial charge on any atom is -0.394 e. The lowest BCUT2D eigenvalue weighted by Gasteiger charge is -2.41. The lowest BCUT2D eigenvalue weighted by molar-refractivity contribution is -0.138. The molecule has 0 bridgehead atoms. The summed E-state index contributed by atoms with van der Waals surface area (Å²) in [5.74, 6) is -6.88. The van der Waals surface area contributed by atoms with Gasteiger partial charge >= 0.3 is 0 Å². The standard InChI is InChI=1S/C35H44I6N6O17/c1-14(54)31(46(42-23(59)12-52)34(63)27-21(38)2-19(36)25(29(27)40)32(61)44(4-15(55)8-48)5-16(56)9-49)47(43-24(60)13-53)35(64)28-22(39)3-20(37)26(30(28)41)33(62)45(6-17(57)10-50)7-18(58)11-51/h2-3,14-18,31,48-58H,4-13H2,1H3,(H,42,59)(H,43,60). The molecule has 2 rings (SSSR count). The van der Waals surface area contributed by atoms with Gasteiger partial charge in [0.25, 0.3) is 35.4 Å². The summed E-state index contributed by atoms with van der Waals surface area (Å²) < 4.78 is 0.432. The van der Waals surface area contributed by atoms with Gasteiger partial charge in [0.15, 0.2) is 6.17 Å². The highest BCUT2D eigenvalue weighted by molar-refractivity contribution is 14.1. The van der Waals surface area contributed by atoms with Crippen molar-refractivity contribution in [3.8, 4) is 0 Å². The number of hydrazine groups is 2. The number of nitrogens with one attached hydrogen (secondary N) is 2. The Morgan fingerprint density at radius 3 is 0.953 bits per heavy atom. The molecule has 0 heterocycles. The molecule has 0 spiro atoms. The molecule has 23 nitrogen and oxygen atoms in total. The molecule has 2 aromatic rings. The predicted molar refractivity (Wildman–Crippen MR) is 272 cm³/mol. The van der Waals surface area contributed by atoms with Gasteiger partial charge < -0.3 is 66.0 Å². The van der Waals surface area contributed by atoms with Crippen LogP contribution in [0.3, 0.4) is 0 Å². The Bertz CT molecular complexity index is 1860. The summed E-state index contributed by atoms with van der Waals surface area (Å²) in [6, 6.07) is 2.73. The zero-order valence-electron chi connectivity index (χ0n) is 33.1. The zero-order chi connectivity index (χ0) is 48.9. The van der Waals surface area contributed by atoms with E-state index >= 15 is 0 Å². The molecule has 0 aliphatic rings. The molecule has 0 aromatic heterocycles.